The summed E-state index contributed by atoms with van der Waals surface area (Å²) < 4.78 is 0. The summed E-state index contributed by atoms with van der Waals surface area (Å²) in [6.45, 7) is 5.49. The Morgan fingerprint density at radius 2 is 2.10 bits per heavy atom. The van der Waals surface area contributed by atoms with E-state index in [9.17, 15) is 4.79 Å². The fourth-order valence-electron chi connectivity index (χ4n) is 0.965. The van der Waals surface area contributed by atoms with Crippen molar-refractivity contribution in [3.63, 3.8) is 0 Å². The van der Waals surface area contributed by atoms with Gasteiger partial charge in [0.15, 0.2) is 5.78 Å². The lowest BCUT2D eigenvalue weighted by Crippen LogP contribution is -1.91. The van der Waals surface area contributed by atoms with Crippen LogP contribution in [0.1, 0.15) is 28.5 Å². The molecule has 2 heteroatoms. The first-order chi connectivity index (χ1) is 4.63. The standard InChI is InChI=1S/C8H11NO/c1-5-6(2)9-4-8(5)7(3)10/h4,9H,1-3H3. The van der Waals surface area contributed by atoms with Crippen LogP contribution in [-0.4, -0.2) is 10.8 Å². The molecule has 1 N–H and O–H groups in total. The van der Waals surface area contributed by atoms with Gasteiger partial charge in [-0.1, -0.05) is 0 Å². The van der Waals surface area contributed by atoms with Gasteiger partial charge in [-0.15, -0.1) is 0 Å². The quantitative estimate of drug-likeness (QED) is 0.588. The van der Waals surface area contributed by atoms with Crippen LogP contribution in [0, 0.1) is 13.8 Å². The molecule has 0 fully saturated rings. The van der Waals surface area contributed by atoms with Crippen molar-refractivity contribution >= 4 is 5.78 Å². The van der Waals surface area contributed by atoms with E-state index in [1.165, 1.54) is 0 Å². The number of nitrogens with one attached hydrogen (secondary N) is 1. The lowest BCUT2D eigenvalue weighted by molar-refractivity contribution is 0.101. The van der Waals surface area contributed by atoms with E-state index >= 15 is 0 Å². The van der Waals surface area contributed by atoms with Crippen LogP contribution in [0.4, 0.5) is 0 Å². The highest BCUT2D eigenvalue weighted by Gasteiger charge is 2.05. The van der Waals surface area contributed by atoms with Crippen molar-refractivity contribution in [3.05, 3.63) is 23.0 Å². The maximum atomic E-state index is 10.9. The van der Waals surface area contributed by atoms with Crippen LogP contribution in [0.15, 0.2) is 6.20 Å². The summed E-state index contributed by atoms with van der Waals surface area (Å²) in [6.07, 6.45) is 1.76. The summed E-state index contributed by atoms with van der Waals surface area (Å²) in [5.41, 5.74) is 2.94. The summed E-state index contributed by atoms with van der Waals surface area (Å²) in [4.78, 5) is 13.9. The molecule has 54 valence electrons. The minimum Gasteiger partial charge on any atom is -0.364 e. The SMILES string of the molecule is CC(=O)c1c[nH]c(C)c1C. The average molecular weight is 137 g/mol. The third-order valence-corrected chi connectivity index (χ3v) is 1.78. The van der Waals surface area contributed by atoms with Gasteiger partial charge in [-0.05, 0) is 26.3 Å². The number of aromatic amines is 1. The minimum absolute atomic E-state index is 0.127. The number of Topliss-reactive ketones (excluding diaryl/α,β-unsaturated/α-hetero) is 1. The second-order valence-corrected chi connectivity index (χ2v) is 2.51. The normalized spacial score (nSPS) is 9.90. The third-order valence-electron chi connectivity index (χ3n) is 1.78. The topological polar surface area (TPSA) is 32.9 Å². The monoisotopic (exact) mass is 137 g/mol. The van der Waals surface area contributed by atoms with Gasteiger partial charge < -0.3 is 4.98 Å². The number of carbonyl (C=O) groups excluding carboxylic acids is 1. The number of ketones is 1. The van der Waals surface area contributed by atoms with Gasteiger partial charge in [-0.25, -0.2) is 0 Å². The molecular weight excluding hydrogens is 126 g/mol. The number of rotatable bonds is 1. The number of aromatic nitrogens is 1. The van der Waals surface area contributed by atoms with Crippen molar-refractivity contribution in [3.8, 4) is 0 Å². The van der Waals surface area contributed by atoms with Gasteiger partial charge in [0.05, 0.1) is 0 Å². The Kier molecular flexibility index (Phi) is 1.62. The van der Waals surface area contributed by atoms with Gasteiger partial charge in [-0.2, -0.15) is 0 Å². The number of H-pyrrole nitrogens is 1. The molecule has 1 rings (SSSR count). The molecule has 0 saturated carbocycles. The highest BCUT2D eigenvalue weighted by atomic mass is 16.1. The number of aryl methyl sites for hydroxylation is 1. The van der Waals surface area contributed by atoms with Crippen LogP contribution in [0.2, 0.25) is 0 Å². The Morgan fingerprint density at radius 3 is 2.30 bits per heavy atom. The zero-order valence-corrected chi connectivity index (χ0v) is 6.49. The molecule has 0 aliphatic heterocycles. The van der Waals surface area contributed by atoms with Gasteiger partial charge in [0.25, 0.3) is 0 Å². The zero-order chi connectivity index (χ0) is 7.72. The molecule has 0 aliphatic carbocycles. The van der Waals surface area contributed by atoms with E-state index in [4.69, 9.17) is 0 Å². The largest absolute Gasteiger partial charge is 0.364 e. The zero-order valence-electron chi connectivity index (χ0n) is 6.49. The second kappa shape index (κ2) is 2.29. The van der Waals surface area contributed by atoms with Crippen molar-refractivity contribution in [2.24, 2.45) is 0 Å². The molecule has 0 aromatic carbocycles. The van der Waals surface area contributed by atoms with Crippen molar-refractivity contribution in [2.75, 3.05) is 0 Å². The number of hydrogen-bond donors (Lipinski definition) is 1. The Hall–Kier alpha value is -1.05. The maximum absolute atomic E-state index is 10.9. The second-order valence-electron chi connectivity index (χ2n) is 2.51. The van der Waals surface area contributed by atoms with Crippen LogP contribution >= 0.6 is 0 Å². The Balaban J connectivity index is 3.17. The van der Waals surface area contributed by atoms with E-state index in [0.29, 0.717) is 0 Å². The van der Waals surface area contributed by atoms with Crippen molar-refractivity contribution < 1.29 is 4.79 Å². The molecule has 0 spiro atoms. The molecule has 0 bridgehead atoms. The highest BCUT2D eigenvalue weighted by molar-refractivity contribution is 5.95. The van der Waals surface area contributed by atoms with Crippen molar-refractivity contribution in [1.82, 2.24) is 4.98 Å². The third kappa shape index (κ3) is 0.967. The molecule has 1 heterocycles. The van der Waals surface area contributed by atoms with E-state index < -0.39 is 0 Å². The summed E-state index contributed by atoms with van der Waals surface area (Å²) in [5.74, 6) is 0.127. The fourth-order valence-corrected chi connectivity index (χ4v) is 0.965. The van der Waals surface area contributed by atoms with Crippen molar-refractivity contribution in [1.29, 1.82) is 0 Å². The number of carbonyl (C=O) groups is 1. The van der Waals surface area contributed by atoms with Crippen LogP contribution < -0.4 is 0 Å². The Morgan fingerprint density at radius 1 is 1.50 bits per heavy atom. The first-order valence-corrected chi connectivity index (χ1v) is 3.28. The molecular formula is C8H11NO. The Labute approximate surface area is 60.3 Å². The minimum atomic E-state index is 0.127. The smallest absolute Gasteiger partial charge is 0.161 e. The fraction of sp³-hybridized carbons (Fsp3) is 0.375. The number of hydrogen-bond acceptors (Lipinski definition) is 1. The van der Waals surface area contributed by atoms with E-state index in [-0.39, 0.29) is 5.78 Å². The van der Waals surface area contributed by atoms with Crippen LogP contribution in [-0.2, 0) is 0 Å². The summed E-state index contributed by atoms with van der Waals surface area (Å²) in [7, 11) is 0. The maximum Gasteiger partial charge on any atom is 0.161 e. The summed E-state index contributed by atoms with van der Waals surface area (Å²) in [5, 5.41) is 0. The van der Waals surface area contributed by atoms with Gasteiger partial charge in [0.1, 0.15) is 0 Å². The molecule has 2 nitrogen and oxygen atoms in total. The molecule has 0 saturated heterocycles. The molecule has 0 unspecified atom stereocenters. The molecule has 1 aromatic heterocycles. The first kappa shape index (κ1) is 7.06. The lowest BCUT2D eigenvalue weighted by atomic mass is 10.1. The van der Waals surface area contributed by atoms with Crippen LogP contribution in [0.3, 0.4) is 0 Å². The lowest BCUT2D eigenvalue weighted by Gasteiger charge is -1.91. The van der Waals surface area contributed by atoms with Crippen LogP contribution in [0.5, 0.6) is 0 Å². The van der Waals surface area contributed by atoms with E-state index in [1.54, 1.807) is 13.1 Å². The highest BCUT2D eigenvalue weighted by Crippen LogP contribution is 2.11. The van der Waals surface area contributed by atoms with E-state index in [0.717, 1.165) is 16.8 Å². The van der Waals surface area contributed by atoms with E-state index in [2.05, 4.69) is 4.98 Å². The van der Waals surface area contributed by atoms with Gasteiger partial charge in [0, 0.05) is 17.5 Å². The molecule has 10 heavy (non-hydrogen) atoms. The predicted octanol–water partition coefficient (Wildman–Crippen LogP) is 1.83. The van der Waals surface area contributed by atoms with Gasteiger partial charge >= 0.3 is 0 Å². The molecule has 1 aromatic rings. The van der Waals surface area contributed by atoms with Crippen molar-refractivity contribution in [2.45, 2.75) is 20.8 Å². The average Bonchev–Trinajstić information content (AvgIpc) is 2.14. The van der Waals surface area contributed by atoms with Crippen LogP contribution in [0.25, 0.3) is 0 Å². The van der Waals surface area contributed by atoms with Gasteiger partial charge in [-0.3, -0.25) is 4.79 Å². The van der Waals surface area contributed by atoms with Gasteiger partial charge in [0.2, 0.25) is 0 Å². The summed E-state index contributed by atoms with van der Waals surface area (Å²) >= 11 is 0. The first-order valence-electron chi connectivity index (χ1n) is 3.28. The predicted molar refractivity (Wildman–Crippen MR) is 40.3 cm³/mol. The Bertz CT molecular complexity index is 260. The molecule has 0 radical (unpaired) electrons. The molecule has 0 atom stereocenters. The van der Waals surface area contributed by atoms with E-state index in [1.807, 2.05) is 13.8 Å². The molecule has 0 aliphatic rings. The molecule has 0 amide bonds. The summed E-state index contributed by atoms with van der Waals surface area (Å²) in [6, 6.07) is 0.